The van der Waals surface area contributed by atoms with Crippen LogP contribution in [0.25, 0.3) is 0 Å². The number of halogens is 3. The maximum atomic E-state index is 8.36. The Hall–Kier alpha value is -1.30. The molecule has 0 aliphatic carbocycles. The maximum Gasteiger partial charge on any atom is 0.128 e. The van der Waals surface area contributed by atoms with E-state index in [1.807, 2.05) is 24.3 Å². The Bertz CT molecular complexity index is 659. The number of nitrogens with one attached hydrogen (secondary N) is 1. The molecule has 0 atom stereocenters. The number of hydrogen-bond donors (Lipinski definition) is 1. The van der Waals surface area contributed by atoms with Gasteiger partial charge in [-0.15, -0.1) is 0 Å². The third kappa shape index (κ3) is 6.78. The van der Waals surface area contributed by atoms with E-state index in [1.54, 1.807) is 0 Å². The lowest BCUT2D eigenvalue weighted by atomic mass is 10.1. The van der Waals surface area contributed by atoms with E-state index >= 15 is 0 Å². The summed E-state index contributed by atoms with van der Waals surface area (Å²) in [5, 5.41) is 9.08. The van der Waals surface area contributed by atoms with Gasteiger partial charge in [0.15, 0.2) is 0 Å². The van der Waals surface area contributed by atoms with Gasteiger partial charge in [-0.3, -0.25) is 10.3 Å². The van der Waals surface area contributed by atoms with Crippen LogP contribution in [0, 0.1) is 5.41 Å². The molecule has 3 rings (SSSR count). The van der Waals surface area contributed by atoms with E-state index in [9.17, 15) is 0 Å². The predicted octanol–water partition coefficient (Wildman–Crippen LogP) is 4.84. The second-order valence-corrected chi connectivity index (χ2v) is 6.88. The summed E-state index contributed by atoms with van der Waals surface area (Å²) >= 11 is 14.4. The molecule has 4 nitrogen and oxygen atoms in total. The van der Waals surface area contributed by atoms with Gasteiger partial charge in [0.2, 0.25) is 0 Å². The van der Waals surface area contributed by atoms with Crippen molar-refractivity contribution in [2.24, 2.45) is 0 Å². The zero-order valence-electron chi connectivity index (χ0n) is 14.4. The van der Waals surface area contributed by atoms with Gasteiger partial charge in [0.1, 0.15) is 5.84 Å². The molecule has 26 heavy (non-hydrogen) atoms. The second-order valence-electron chi connectivity index (χ2n) is 5.98. The van der Waals surface area contributed by atoms with Gasteiger partial charge in [0.05, 0.1) is 23.7 Å². The number of benzene rings is 2. The van der Waals surface area contributed by atoms with Gasteiger partial charge < -0.3 is 4.90 Å². The summed E-state index contributed by atoms with van der Waals surface area (Å²) in [5.74, 6) is 0.601. The minimum atomic E-state index is 0.601. The largest absolute Gasteiger partial charge is 0.354 e. The monoisotopic (exact) mass is 413 g/mol. The van der Waals surface area contributed by atoms with E-state index in [2.05, 4.69) is 67.7 Å². The third-order valence-electron chi connectivity index (χ3n) is 4.37. The van der Waals surface area contributed by atoms with E-state index in [4.69, 9.17) is 17.0 Å². The number of hydrogen-bond acceptors (Lipinski definition) is 3. The Labute approximate surface area is 170 Å². The highest BCUT2D eigenvalue weighted by molar-refractivity contribution is 6.30. The molecule has 0 bridgehead atoms. The molecule has 1 aliphatic rings. The summed E-state index contributed by atoms with van der Waals surface area (Å²) in [6.45, 7) is 4.95. The van der Waals surface area contributed by atoms with Crippen LogP contribution in [0.4, 0.5) is 0 Å². The van der Waals surface area contributed by atoms with Gasteiger partial charge in [-0.05, 0) is 36.2 Å². The molecule has 7 heteroatoms. The van der Waals surface area contributed by atoms with Crippen molar-refractivity contribution in [1.29, 1.82) is 5.41 Å². The van der Waals surface area contributed by atoms with E-state index in [1.165, 1.54) is 5.56 Å². The minimum Gasteiger partial charge on any atom is -0.354 e. The first-order chi connectivity index (χ1) is 12.6. The van der Waals surface area contributed by atoms with Gasteiger partial charge in [-0.1, -0.05) is 41.9 Å². The summed E-state index contributed by atoms with van der Waals surface area (Å²) in [6, 6.07) is 18.2. The number of nitrogens with zero attached hydrogens (tertiary/aromatic N) is 2. The summed E-state index contributed by atoms with van der Waals surface area (Å²) in [4.78, 5) is 4.64. The van der Waals surface area contributed by atoms with Crippen molar-refractivity contribution in [1.82, 2.24) is 9.80 Å². The fourth-order valence-electron chi connectivity index (χ4n) is 2.92. The van der Waals surface area contributed by atoms with Crippen molar-refractivity contribution in [3.05, 3.63) is 70.7 Å². The average Bonchev–Trinajstić information content (AvgIpc) is 2.68. The topological polar surface area (TPSA) is 39.6 Å². The first-order valence-electron chi connectivity index (χ1n) is 8.39. The highest BCUT2D eigenvalue weighted by Gasteiger charge is 2.19. The average molecular weight is 415 g/mol. The van der Waals surface area contributed by atoms with Crippen LogP contribution >= 0.6 is 35.3 Å². The van der Waals surface area contributed by atoms with Crippen LogP contribution in [-0.4, -0.2) is 48.4 Å². The van der Waals surface area contributed by atoms with Gasteiger partial charge in [-0.25, -0.2) is 0 Å². The number of amidine groups is 1. The lowest BCUT2D eigenvalue weighted by molar-refractivity contribution is 0.183. The third-order valence-corrected chi connectivity index (χ3v) is 4.62. The molecule has 0 amide bonds. The summed E-state index contributed by atoms with van der Waals surface area (Å²) in [7, 11) is 0. The van der Waals surface area contributed by atoms with E-state index < -0.39 is 0 Å². The molecule has 1 saturated heterocycles. The van der Waals surface area contributed by atoms with Crippen molar-refractivity contribution >= 4 is 41.2 Å². The van der Waals surface area contributed by atoms with Crippen LogP contribution in [0.15, 0.2) is 54.6 Å². The molecule has 1 N–H and O–H groups in total. The molecule has 0 spiro atoms. The van der Waals surface area contributed by atoms with Crippen molar-refractivity contribution < 1.29 is 3.84 Å². The summed E-state index contributed by atoms with van der Waals surface area (Å²) < 4.78 is 3.19. The second kappa shape index (κ2) is 11.4. The molecule has 1 aliphatic heterocycles. The highest BCUT2D eigenvalue weighted by Crippen LogP contribution is 2.13. The molecule has 0 aromatic heterocycles. The first-order valence-corrected chi connectivity index (χ1v) is 9.38. The molecule has 0 saturated carbocycles. The van der Waals surface area contributed by atoms with Crippen LogP contribution in [0.2, 0.25) is 5.02 Å². The number of rotatable bonds is 4. The van der Waals surface area contributed by atoms with Crippen molar-refractivity contribution in [3.63, 3.8) is 0 Å². The minimum absolute atomic E-state index is 0.601. The van der Waals surface area contributed by atoms with Crippen LogP contribution in [0.1, 0.15) is 11.1 Å². The fourth-order valence-corrected chi connectivity index (χ4v) is 3.04. The van der Waals surface area contributed by atoms with Crippen LogP contribution in [0.3, 0.4) is 0 Å². The molecule has 140 valence electrons. The molecule has 0 radical (unpaired) electrons. The van der Waals surface area contributed by atoms with E-state index in [-0.39, 0.29) is 0 Å². The molecule has 1 heterocycles. The van der Waals surface area contributed by atoms with Gasteiger partial charge in [0.25, 0.3) is 0 Å². The lowest BCUT2D eigenvalue weighted by Gasteiger charge is -2.36. The molecule has 0 unspecified atom stereocenters. The molecule has 2 aromatic carbocycles. The Morgan fingerprint density at radius 1 is 0.923 bits per heavy atom. The fraction of sp³-hybridized carbons (Fsp3) is 0.316. The van der Waals surface area contributed by atoms with Gasteiger partial charge in [-0.2, -0.15) is 3.84 Å². The Balaban J connectivity index is 0.000000758. The predicted molar refractivity (Wildman–Crippen MR) is 109 cm³/mol. The van der Waals surface area contributed by atoms with Crippen molar-refractivity contribution in [2.45, 2.75) is 6.42 Å². The lowest BCUT2D eigenvalue weighted by Crippen LogP contribution is -2.49. The SMILES string of the molecule is ClOCl.N=C(c1ccc(Cl)cc1)N1CCN(CCc2ccccc2)CC1. The van der Waals surface area contributed by atoms with Crippen molar-refractivity contribution in [2.75, 3.05) is 32.7 Å². The summed E-state index contributed by atoms with van der Waals surface area (Å²) in [6.07, 6.45) is 1.09. The van der Waals surface area contributed by atoms with Crippen molar-refractivity contribution in [3.8, 4) is 0 Å². The van der Waals surface area contributed by atoms with E-state index in [0.717, 1.165) is 44.7 Å². The first kappa shape index (κ1) is 21.0. The highest BCUT2D eigenvalue weighted by atomic mass is 35.6. The summed E-state index contributed by atoms with van der Waals surface area (Å²) in [5.41, 5.74) is 2.33. The maximum absolute atomic E-state index is 8.36. The van der Waals surface area contributed by atoms with Crippen LogP contribution in [0.5, 0.6) is 0 Å². The smallest absolute Gasteiger partial charge is 0.128 e. The van der Waals surface area contributed by atoms with E-state index in [0.29, 0.717) is 10.9 Å². The Morgan fingerprint density at radius 3 is 2.08 bits per heavy atom. The molecule has 1 fully saturated rings. The molecule has 2 aromatic rings. The Kier molecular flexibility index (Phi) is 9.23. The number of piperazine rings is 1. The van der Waals surface area contributed by atoms with Gasteiger partial charge in [0, 0.05) is 43.3 Å². The normalized spacial score (nSPS) is 14.5. The Morgan fingerprint density at radius 2 is 1.50 bits per heavy atom. The van der Waals surface area contributed by atoms with Crippen LogP contribution < -0.4 is 0 Å². The van der Waals surface area contributed by atoms with Gasteiger partial charge >= 0.3 is 0 Å². The zero-order chi connectivity index (χ0) is 18.8. The molecular formula is C19H22Cl3N3O. The standard InChI is InChI=1S/C19H22ClN3.Cl2O/c20-18-8-6-17(7-9-18)19(21)23-14-12-22(13-15-23)11-10-16-4-2-1-3-5-16;1-3-2/h1-9,21H,10-15H2;. The van der Waals surface area contributed by atoms with Crippen LogP contribution in [-0.2, 0) is 10.3 Å². The quantitative estimate of drug-likeness (QED) is 0.575. The zero-order valence-corrected chi connectivity index (χ0v) is 16.6. The molecular weight excluding hydrogens is 393 g/mol.